The molecule has 0 radical (unpaired) electrons. The van der Waals surface area contributed by atoms with Crippen molar-refractivity contribution in [3.05, 3.63) is 93.5 Å². The van der Waals surface area contributed by atoms with Crippen molar-refractivity contribution in [2.45, 2.75) is 25.3 Å². The molecule has 2 aliphatic rings. The van der Waals surface area contributed by atoms with Gasteiger partial charge in [-0.2, -0.15) is 0 Å². The smallest absolute Gasteiger partial charge is 0.303 e. The minimum Gasteiger partial charge on any atom is -0.481 e. The fourth-order valence-electron chi connectivity index (χ4n) is 4.97. The lowest BCUT2D eigenvalue weighted by atomic mass is 9.90. The van der Waals surface area contributed by atoms with Crippen molar-refractivity contribution in [2.75, 3.05) is 38.5 Å². The molecule has 0 bridgehead atoms. The lowest BCUT2D eigenvalue weighted by Crippen LogP contribution is -2.43. The second-order valence-corrected chi connectivity index (χ2v) is 10.9. The van der Waals surface area contributed by atoms with E-state index in [4.69, 9.17) is 10.1 Å². The first-order chi connectivity index (χ1) is 18.4. The Labute approximate surface area is 231 Å². The largest absolute Gasteiger partial charge is 0.481 e. The highest BCUT2D eigenvalue weighted by Crippen LogP contribution is 2.38. The summed E-state index contributed by atoms with van der Waals surface area (Å²) in [6.45, 7) is 5.21. The molecule has 1 atom stereocenters. The van der Waals surface area contributed by atoms with E-state index in [1.54, 1.807) is 0 Å². The fourth-order valence-corrected chi connectivity index (χ4v) is 5.34. The summed E-state index contributed by atoms with van der Waals surface area (Å²) >= 11 is 3.49. The number of fused-ring (bicyclic) bond motifs is 1. The molecular weight excluding hydrogens is 544 g/mol. The zero-order valence-corrected chi connectivity index (χ0v) is 22.9. The van der Waals surface area contributed by atoms with Crippen molar-refractivity contribution in [1.29, 1.82) is 0 Å². The average Bonchev–Trinajstić information content (AvgIpc) is 3.23. The monoisotopic (exact) mass is 574 g/mol. The van der Waals surface area contributed by atoms with Gasteiger partial charge in [0.1, 0.15) is 5.92 Å². The van der Waals surface area contributed by atoms with E-state index in [0.717, 1.165) is 65.3 Å². The zero-order valence-electron chi connectivity index (χ0n) is 21.4. The molecule has 1 fully saturated rings. The number of rotatable bonds is 8. The average molecular weight is 576 g/mol. The molecule has 0 saturated carbocycles. The highest BCUT2D eigenvalue weighted by Gasteiger charge is 2.35. The first-order valence-electron chi connectivity index (χ1n) is 12.9. The lowest BCUT2D eigenvalue weighted by molar-refractivity contribution is -0.137. The number of piperazine rings is 1. The molecule has 2 N–H and O–H groups in total. The summed E-state index contributed by atoms with van der Waals surface area (Å²) in [6, 6.07) is 21.8. The van der Waals surface area contributed by atoms with Gasteiger partial charge in [-0.25, -0.2) is 0 Å². The molecule has 2 aliphatic heterocycles. The summed E-state index contributed by atoms with van der Waals surface area (Å²) in [4.78, 5) is 34.0. The molecule has 38 heavy (non-hydrogen) atoms. The number of nitrogens with zero attached hydrogens (tertiary/aromatic N) is 3. The van der Waals surface area contributed by atoms with Gasteiger partial charge in [0.05, 0.1) is 11.4 Å². The van der Waals surface area contributed by atoms with Gasteiger partial charge in [-0.1, -0.05) is 58.4 Å². The van der Waals surface area contributed by atoms with E-state index >= 15 is 0 Å². The van der Waals surface area contributed by atoms with Crippen LogP contribution in [0, 0.1) is 0 Å². The topological polar surface area (TPSA) is 85.2 Å². The Kier molecular flexibility index (Phi) is 8.02. The quantitative estimate of drug-likeness (QED) is 0.367. The van der Waals surface area contributed by atoms with Crippen molar-refractivity contribution in [3.63, 3.8) is 0 Å². The molecule has 0 spiro atoms. The predicted octanol–water partition coefficient (Wildman–Crippen LogP) is 5.07. The molecule has 5 rings (SSSR count). The summed E-state index contributed by atoms with van der Waals surface area (Å²) in [7, 11) is 2.16. The number of carboxylic acid groups (broad SMARTS) is 1. The van der Waals surface area contributed by atoms with Crippen molar-refractivity contribution in [2.24, 2.45) is 4.99 Å². The Morgan fingerprint density at radius 2 is 1.68 bits per heavy atom. The third-order valence-corrected chi connectivity index (χ3v) is 7.68. The summed E-state index contributed by atoms with van der Waals surface area (Å²) in [6.07, 6.45) is 0.533. The highest BCUT2D eigenvalue weighted by molar-refractivity contribution is 9.10. The molecule has 196 valence electrons. The molecule has 1 saturated heterocycles. The van der Waals surface area contributed by atoms with E-state index in [2.05, 4.69) is 50.2 Å². The van der Waals surface area contributed by atoms with Gasteiger partial charge in [-0.15, -0.1) is 0 Å². The standard InChI is InChI=1S/C30H31BrN4O3/c1-34-14-16-35(17-15-34)19-21-4-10-24(11-5-21)32-29(22-7-2-20(3-8-22)6-13-27(36)37)28-25-12-9-23(31)18-26(25)33-30(28)38/h2-5,7-12,18,28H,6,13-17,19H2,1H3,(H,33,38)(H,36,37). The Morgan fingerprint density at radius 3 is 2.37 bits per heavy atom. The van der Waals surface area contributed by atoms with Crippen molar-refractivity contribution in [1.82, 2.24) is 9.80 Å². The molecule has 8 heteroatoms. The third kappa shape index (κ3) is 6.20. The minimum absolute atomic E-state index is 0.0774. The van der Waals surface area contributed by atoms with Crippen molar-refractivity contribution in [3.8, 4) is 0 Å². The number of aliphatic imine (C=N–C) groups is 1. The van der Waals surface area contributed by atoms with Gasteiger partial charge < -0.3 is 15.3 Å². The maximum absolute atomic E-state index is 13.2. The number of aliphatic carboxylic acids is 1. The van der Waals surface area contributed by atoms with Crippen LogP contribution in [-0.4, -0.2) is 65.7 Å². The third-order valence-electron chi connectivity index (χ3n) is 7.19. The second kappa shape index (κ2) is 11.6. The number of carbonyl (C=O) groups excluding carboxylic acids is 1. The summed E-state index contributed by atoms with van der Waals surface area (Å²) in [5.41, 5.74) is 6.13. The molecule has 0 aliphatic carbocycles. The Hall–Kier alpha value is -3.33. The van der Waals surface area contributed by atoms with Crippen molar-refractivity contribution >= 4 is 44.9 Å². The van der Waals surface area contributed by atoms with Crippen LogP contribution < -0.4 is 5.32 Å². The van der Waals surface area contributed by atoms with Crippen LogP contribution in [0.2, 0.25) is 0 Å². The van der Waals surface area contributed by atoms with Crippen LogP contribution >= 0.6 is 15.9 Å². The molecule has 2 heterocycles. The molecule has 0 aromatic heterocycles. The number of anilines is 1. The number of benzene rings is 3. The molecule has 3 aromatic rings. The number of nitrogens with one attached hydrogen (secondary N) is 1. The van der Waals surface area contributed by atoms with Crippen LogP contribution in [0.5, 0.6) is 0 Å². The first kappa shape index (κ1) is 26.3. The number of likely N-dealkylation sites (N-methyl/N-ethyl adjacent to an activating group) is 1. The Balaban J connectivity index is 1.44. The lowest BCUT2D eigenvalue weighted by Gasteiger charge is -2.32. The number of aryl methyl sites for hydroxylation is 1. The van der Waals surface area contributed by atoms with Crippen LogP contribution in [0.4, 0.5) is 11.4 Å². The number of carbonyl (C=O) groups is 2. The Morgan fingerprint density at radius 1 is 1.00 bits per heavy atom. The fraction of sp³-hybridized carbons (Fsp3) is 0.300. The SMILES string of the molecule is CN1CCN(Cc2ccc(N=C(c3ccc(CCC(=O)O)cc3)C3C(=O)Nc4cc(Br)ccc43)cc2)CC1. The molecule has 7 nitrogen and oxygen atoms in total. The van der Waals surface area contributed by atoms with Gasteiger partial charge in [0.25, 0.3) is 0 Å². The molecule has 3 aromatic carbocycles. The highest BCUT2D eigenvalue weighted by atomic mass is 79.9. The number of halogens is 1. The van der Waals surface area contributed by atoms with Crippen LogP contribution in [0.15, 0.2) is 76.2 Å². The van der Waals surface area contributed by atoms with Gasteiger partial charge in [0, 0.05) is 49.3 Å². The van der Waals surface area contributed by atoms with Crippen LogP contribution in [-0.2, 0) is 22.6 Å². The van der Waals surface area contributed by atoms with E-state index in [1.165, 1.54) is 5.56 Å². The van der Waals surface area contributed by atoms with Gasteiger partial charge in [-0.05, 0) is 60.0 Å². The first-order valence-corrected chi connectivity index (χ1v) is 13.6. The number of hydrogen-bond acceptors (Lipinski definition) is 5. The van der Waals surface area contributed by atoms with Crippen LogP contribution in [0.3, 0.4) is 0 Å². The predicted molar refractivity (Wildman–Crippen MR) is 153 cm³/mol. The molecule has 1 unspecified atom stereocenters. The van der Waals surface area contributed by atoms with E-state index in [1.807, 2.05) is 54.6 Å². The van der Waals surface area contributed by atoms with Gasteiger partial charge in [0.15, 0.2) is 0 Å². The zero-order chi connectivity index (χ0) is 26.6. The maximum Gasteiger partial charge on any atom is 0.303 e. The normalized spacial score (nSPS) is 18.3. The molecular formula is C30H31BrN4O3. The van der Waals surface area contributed by atoms with Crippen molar-refractivity contribution < 1.29 is 14.7 Å². The van der Waals surface area contributed by atoms with Gasteiger partial charge in [0.2, 0.25) is 5.91 Å². The molecule has 1 amide bonds. The van der Waals surface area contributed by atoms with Gasteiger partial charge in [-0.3, -0.25) is 19.5 Å². The summed E-state index contributed by atoms with van der Waals surface area (Å²) in [5.74, 6) is -1.48. The van der Waals surface area contributed by atoms with Crippen LogP contribution in [0.25, 0.3) is 0 Å². The summed E-state index contributed by atoms with van der Waals surface area (Å²) in [5, 5.41) is 12.0. The summed E-state index contributed by atoms with van der Waals surface area (Å²) < 4.78 is 0.898. The van der Waals surface area contributed by atoms with Crippen LogP contribution in [0.1, 0.15) is 34.6 Å². The van der Waals surface area contributed by atoms with E-state index in [0.29, 0.717) is 12.1 Å². The number of amides is 1. The van der Waals surface area contributed by atoms with E-state index in [9.17, 15) is 9.59 Å². The van der Waals surface area contributed by atoms with Gasteiger partial charge >= 0.3 is 5.97 Å². The minimum atomic E-state index is -0.821. The maximum atomic E-state index is 13.2. The van der Waals surface area contributed by atoms with E-state index < -0.39 is 11.9 Å². The Bertz CT molecular complexity index is 1350. The number of carboxylic acids is 1. The van der Waals surface area contributed by atoms with E-state index in [-0.39, 0.29) is 12.3 Å². The number of hydrogen-bond donors (Lipinski definition) is 2. The second-order valence-electron chi connectivity index (χ2n) is 9.99.